The number of amides is 1. The molecule has 1 fully saturated rings. The van der Waals surface area contributed by atoms with Gasteiger partial charge in [0.2, 0.25) is 5.91 Å². The molecular weight excluding hydrogens is 370 g/mol. The van der Waals surface area contributed by atoms with Crippen LogP contribution in [0.4, 0.5) is 11.4 Å². The van der Waals surface area contributed by atoms with Gasteiger partial charge >= 0.3 is 0 Å². The van der Waals surface area contributed by atoms with Gasteiger partial charge in [-0.2, -0.15) is 0 Å². The Hall–Kier alpha value is -3.26. The first-order valence-electron chi connectivity index (χ1n) is 9.57. The Balaban J connectivity index is 1.49. The summed E-state index contributed by atoms with van der Waals surface area (Å²) in [7, 11) is 2.12. The Labute approximate surface area is 170 Å². The van der Waals surface area contributed by atoms with E-state index in [0.717, 1.165) is 37.4 Å². The van der Waals surface area contributed by atoms with Crippen LogP contribution in [-0.2, 0) is 4.79 Å². The first-order chi connectivity index (χ1) is 13.9. The van der Waals surface area contributed by atoms with Crippen molar-refractivity contribution in [3.8, 4) is 11.5 Å². The van der Waals surface area contributed by atoms with E-state index in [4.69, 9.17) is 15.9 Å². The highest BCUT2D eigenvalue weighted by Gasteiger charge is 2.17. The molecule has 0 aromatic heterocycles. The summed E-state index contributed by atoms with van der Waals surface area (Å²) in [6.07, 6.45) is 2.29. The van der Waals surface area contributed by atoms with Gasteiger partial charge in [-0.05, 0) is 62.4 Å². The first kappa shape index (κ1) is 20.5. The third-order valence-corrected chi connectivity index (χ3v) is 4.86. The zero-order valence-electron chi connectivity index (χ0n) is 16.4. The SMILES string of the molecule is CN1CCC(Oc2ccc(NCC(=O)Nc3cc(C(=N)N)ccc3O)cc2)CC1. The second-order valence-corrected chi connectivity index (χ2v) is 7.19. The van der Waals surface area contributed by atoms with Crippen molar-refractivity contribution in [2.45, 2.75) is 18.9 Å². The van der Waals surface area contributed by atoms with Gasteiger partial charge in [0.1, 0.15) is 23.4 Å². The zero-order chi connectivity index (χ0) is 20.8. The molecule has 0 aliphatic carbocycles. The van der Waals surface area contributed by atoms with Crippen LogP contribution in [0, 0.1) is 5.41 Å². The monoisotopic (exact) mass is 397 g/mol. The van der Waals surface area contributed by atoms with Gasteiger partial charge < -0.3 is 31.1 Å². The van der Waals surface area contributed by atoms with Gasteiger partial charge in [0.15, 0.2) is 0 Å². The maximum absolute atomic E-state index is 12.2. The number of carbonyl (C=O) groups is 1. The largest absolute Gasteiger partial charge is 0.506 e. The molecule has 0 radical (unpaired) electrons. The van der Waals surface area contributed by atoms with Crippen molar-refractivity contribution in [2.75, 3.05) is 37.3 Å². The maximum atomic E-state index is 12.2. The Morgan fingerprint density at radius 1 is 1.24 bits per heavy atom. The van der Waals surface area contributed by atoms with Crippen molar-refractivity contribution < 1.29 is 14.6 Å². The minimum absolute atomic E-state index is 0.0267. The number of hydrogen-bond donors (Lipinski definition) is 5. The smallest absolute Gasteiger partial charge is 0.243 e. The number of nitrogens with one attached hydrogen (secondary N) is 3. The number of nitrogens with zero attached hydrogens (tertiary/aromatic N) is 1. The molecule has 2 aromatic carbocycles. The number of anilines is 2. The summed E-state index contributed by atoms with van der Waals surface area (Å²) in [6, 6.07) is 11.9. The average molecular weight is 397 g/mol. The molecule has 1 amide bonds. The summed E-state index contributed by atoms with van der Waals surface area (Å²) < 4.78 is 6.02. The highest BCUT2D eigenvalue weighted by molar-refractivity contribution is 5.99. The van der Waals surface area contributed by atoms with E-state index in [0.29, 0.717) is 5.56 Å². The van der Waals surface area contributed by atoms with E-state index in [1.807, 2.05) is 24.3 Å². The number of piperidine rings is 1. The van der Waals surface area contributed by atoms with Crippen molar-refractivity contribution in [2.24, 2.45) is 5.73 Å². The van der Waals surface area contributed by atoms with E-state index in [2.05, 4.69) is 22.6 Å². The number of phenols is 1. The Bertz CT molecular complexity index is 861. The van der Waals surface area contributed by atoms with Crippen LogP contribution >= 0.6 is 0 Å². The number of likely N-dealkylation sites (tertiary alicyclic amines) is 1. The minimum Gasteiger partial charge on any atom is -0.506 e. The maximum Gasteiger partial charge on any atom is 0.243 e. The van der Waals surface area contributed by atoms with Crippen LogP contribution < -0.4 is 21.1 Å². The predicted octanol–water partition coefficient (Wildman–Crippen LogP) is 2.20. The lowest BCUT2D eigenvalue weighted by atomic mass is 10.1. The average Bonchev–Trinajstić information content (AvgIpc) is 2.70. The van der Waals surface area contributed by atoms with Crippen LogP contribution in [-0.4, -0.2) is 54.5 Å². The summed E-state index contributed by atoms with van der Waals surface area (Å²) in [5.41, 5.74) is 6.87. The molecule has 29 heavy (non-hydrogen) atoms. The third-order valence-electron chi connectivity index (χ3n) is 4.86. The van der Waals surface area contributed by atoms with Gasteiger partial charge in [0.05, 0.1) is 12.2 Å². The quantitative estimate of drug-likeness (QED) is 0.277. The van der Waals surface area contributed by atoms with Crippen LogP contribution in [0.2, 0.25) is 0 Å². The molecule has 8 heteroatoms. The molecule has 8 nitrogen and oxygen atoms in total. The van der Waals surface area contributed by atoms with Crippen LogP contribution in [0.1, 0.15) is 18.4 Å². The number of amidine groups is 1. The summed E-state index contributed by atoms with van der Waals surface area (Å²) in [5, 5.41) is 23.0. The summed E-state index contributed by atoms with van der Waals surface area (Å²) in [6.45, 7) is 2.12. The van der Waals surface area contributed by atoms with Crippen LogP contribution in [0.5, 0.6) is 11.5 Å². The van der Waals surface area contributed by atoms with E-state index >= 15 is 0 Å². The number of ether oxygens (including phenoxy) is 1. The zero-order valence-corrected chi connectivity index (χ0v) is 16.4. The summed E-state index contributed by atoms with van der Waals surface area (Å²) >= 11 is 0. The van der Waals surface area contributed by atoms with Crippen molar-refractivity contribution in [3.63, 3.8) is 0 Å². The third kappa shape index (κ3) is 5.86. The predicted molar refractivity (Wildman–Crippen MR) is 114 cm³/mol. The standard InChI is InChI=1S/C21H27N5O3/c1-26-10-8-17(9-11-26)29-16-5-3-15(4-6-16)24-13-20(28)25-18-12-14(21(22)23)2-7-19(18)27/h2-7,12,17,24,27H,8-11,13H2,1H3,(H3,22,23)(H,25,28). The van der Waals surface area contributed by atoms with Gasteiger partial charge in [-0.15, -0.1) is 0 Å². The van der Waals surface area contributed by atoms with E-state index in [-0.39, 0.29) is 35.8 Å². The normalized spacial score (nSPS) is 14.9. The fourth-order valence-corrected chi connectivity index (χ4v) is 3.13. The van der Waals surface area contributed by atoms with Crippen LogP contribution in [0.25, 0.3) is 0 Å². The highest BCUT2D eigenvalue weighted by Crippen LogP contribution is 2.24. The fourth-order valence-electron chi connectivity index (χ4n) is 3.13. The number of phenolic OH excluding ortho intramolecular Hbond substituents is 1. The molecule has 2 aromatic rings. The molecular formula is C21H27N5O3. The Morgan fingerprint density at radius 3 is 2.59 bits per heavy atom. The lowest BCUT2D eigenvalue weighted by Crippen LogP contribution is -2.35. The fraction of sp³-hybridized carbons (Fsp3) is 0.333. The molecule has 1 heterocycles. The number of nitrogen functional groups attached to an aromatic ring is 1. The number of rotatable bonds is 7. The van der Waals surface area contributed by atoms with E-state index < -0.39 is 0 Å². The van der Waals surface area contributed by atoms with E-state index in [1.54, 1.807) is 0 Å². The minimum atomic E-state index is -0.326. The molecule has 0 saturated carbocycles. The summed E-state index contributed by atoms with van der Waals surface area (Å²) in [4.78, 5) is 14.5. The molecule has 0 spiro atoms. The summed E-state index contributed by atoms with van der Waals surface area (Å²) in [5.74, 6) is 0.271. The van der Waals surface area contributed by atoms with Crippen LogP contribution in [0.15, 0.2) is 42.5 Å². The molecule has 0 atom stereocenters. The molecule has 6 N–H and O–H groups in total. The lowest BCUT2D eigenvalue weighted by Gasteiger charge is -2.29. The van der Waals surface area contributed by atoms with Crippen molar-refractivity contribution in [1.29, 1.82) is 5.41 Å². The molecule has 1 aliphatic rings. The Kier molecular flexibility index (Phi) is 6.56. The highest BCUT2D eigenvalue weighted by atomic mass is 16.5. The number of nitrogens with two attached hydrogens (primary N) is 1. The molecule has 0 unspecified atom stereocenters. The van der Waals surface area contributed by atoms with Gasteiger partial charge in [-0.3, -0.25) is 10.2 Å². The molecule has 154 valence electrons. The van der Waals surface area contributed by atoms with E-state index in [9.17, 15) is 9.90 Å². The van der Waals surface area contributed by atoms with Gasteiger partial charge in [0.25, 0.3) is 0 Å². The van der Waals surface area contributed by atoms with Gasteiger partial charge in [-0.25, -0.2) is 0 Å². The second kappa shape index (κ2) is 9.29. The molecule has 1 saturated heterocycles. The van der Waals surface area contributed by atoms with E-state index in [1.165, 1.54) is 18.2 Å². The van der Waals surface area contributed by atoms with Gasteiger partial charge in [-0.1, -0.05) is 0 Å². The first-order valence-corrected chi connectivity index (χ1v) is 9.57. The van der Waals surface area contributed by atoms with Crippen LogP contribution in [0.3, 0.4) is 0 Å². The van der Waals surface area contributed by atoms with Crippen molar-refractivity contribution >= 4 is 23.1 Å². The number of aromatic hydroxyl groups is 1. The van der Waals surface area contributed by atoms with Crippen molar-refractivity contribution in [3.05, 3.63) is 48.0 Å². The number of hydrogen-bond acceptors (Lipinski definition) is 6. The topological polar surface area (TPSA) is 124 Å². The second-order valence-electron chi connectivity index (χ2n) is 7.19. The lowest BCUT2D eigenvalue weighted by molar-refractivity contribution is -0.114. The molecule has 1 aliphatic heterocycles. The van der Waals surface area contributed by atoms with Crippen molar-refractivity contribution in [1.82, 2.24) is 4.90 Å². The molecule has 0 bridgehead atoms. The number of benzene rings is 2. The molecule has 3 rings (SSSR count). The number of carbonyl (C=O) groups excluding carboxylic acids is 1. The van der Waals surface area contributed by atoms with Gasteiger partial charge in [0, 0.05) is 24.3 Å². The Morgan fingerprint density at radius 2 is 1.93 bits per heavy atom.